The molecule has 41 heavy (non-hydrogen) atoms. The maximum absolute atomic E-state index is 13.3. The molecule has 0 spiro atoms. The van der Waals surface area contributed by atoms with Crippen LogP contribution in [0.5, 0.6) is 0 Å². The number of fused-ring (bicyclic) bond motifs is 1. The summed E-state index contributed by atoms with van der Waals surface area (Å²) in [5.41, 5.74) is 2.96. The Labute approximate surface area is 239 Å². The Bertz CT molecular complexity index is 1680. The second kappa shape index (κ2) is 11.3. The van der Waals surface area contributed by atoms with Gasteiger partial charge in [0.05, 0.1) is 16.1 Å². The van der Waals surface area contributed by atoms with Crippen molar-refractivity contribution in [2.24, 2.45) is 0 Å². The molecule has 10 heteroatoms. The fourth-order valence-corrected chi connectivity index (χ4v) is 6.42. The SMILES string of the molecule is O=C(c1ccc(S(=O)(=O)Nc2cccc3cccnc23)cc1)N1CCCN(C(=O)c2ccc(C3CCC3)cn2)CC1. The molecule has 4 aromatic rings. The highest BCUT2D eigenvalue weighted by atomic mass is 32.2. The first-order valence-corrected chi connectivity index (χ1v) is 15.4. The monoisotopic (exact) mass is 569 g/mol. The first-order chi connectivity index (χ1) is 19.9. The van der Waals surface area contributed by atoms with E-state index in [4.69, 9.17) is 0 Å². The Morgan fingerprint density at radius 1 is 0.780 bits per heavy atom. The quantitative estimate of drug-likeness (QED) is 0.361. The number of nitrogens with zero attached hydrogens (tertiary/aromatic N) is 4. The molecule has 6 rings (SSSR count). The van der Waals surface area contributed by atoms with Crippen LogP contribution in [0, 0.1) is 0 Å². The maximum atomic E-state index is 13.3. The van der Waals surface area contributed by atoms with Crippen LogP contribution in [0.3, 0.4) is 0 Å². The van der Waals surface area contributed by atoms with Gasteiger partial charge in [-0.3, -0.25) is 24.3 Å². The van der Waals surface area contributed by atoms with E-state index in [9.17, 15) is 18.0 Å². The second-order valence-electron chi connectivity index (χ2n) is 10.6. The predicted octanol–water partition coefficient (Wildman–Crippen LogP) is 4.69. The molecular formula is C31H31N5O4S. The van der Waals surface area contributed by atoms with E-state index >= 15 is 0 Å². The molecule has 0 unspecified atom stereocenters. The highest BCUT2D eigenvalue weighted by molar-refractivity contribution is 7.92. The van der Waals surface area contributed by atoms with Gasteiger partial charge < -0.3 is 9.80 Å². The molecule has 2 aromatic heterocycles. The van der Waals surface area contributed by atoms with Gasteiger partial charge in [-0.15, -0.1) is 0 Å². The number of carbonyl (C=O) groups excluding carboxylic acids is 2. The molecule has 1 aliphatic heterocycles. The average Bonchev–Trinajstić information content (AvgIpc) is 3.23. The van der Waals surface area contributed by atoms with Crippen LogP contribution in [0.25, 0.3) is 10.9 Å². The minimum atomic E-state index is -3.89. The first-order valence-electron chi connectivity index (χ1n) is 13.9. The smallest absolute Gasteiger partial charge is 0.272 e. The number of pyridine rings is 2. The third kappa shape index (κ3) is 5.65. The van der Waals surface area contributed by atoms with E-state index < -0.39 is 10.0 Å². The Hall–Kier alpha value is -4.31. The van der Waals surface area contributed by atoms with Crippen molar-refractivity contribution < 1.29 is 18.0 Å². The lowest BCUT2D eigenvalue weighted by Crippen LogP contribution is -2.37. The van der Waals surface area contributed by atoms with Crippen LogP contribution >= 0.6 is 0 Å². The van der Waals surface area contributed by atoms with Gasteiger partial charge in [0.2, 0.25) is 0 Å². The van der Waals surface area contributed by atoms with Crippen molar-refractivity contribution in [2.45, 2.75) is 36.5 Å². The van der Waals surface area contributed by atoms with Gasteiger partial charge in [0.25, 0.3) is 21.8 Å². The second-order valence-corrected chi connectivity index (χ2v) is 12.2. The van der Waals surface area contributed by atoms with E-state index in [1.54, 1.807) is 34.2 Å². The minimum Gasteiger partial charge on any atom is -0.337 e. The van der Waals surface area contributed by atoms with Gasteiger partial charge in [-0.2, -0.15) is 0 Å². The van der Waals surface area contributed by atoms with Crippen LogP contribution in [0.1, 0.15) is 58.0 Å². The summed E-state index contributed by atoms with van der Waals surface area (Å²) in [7, 11) is -3.89. The van der Waals surface area contributed by atoms with Crippen LogP contribution in [-0.2, 0) is 10.0 Å². The Morgan fingerprint density at radius 3 is 2.20 bits per heavy atom. The summed E-state index contributed by atoms with van der Waals surface area (Å²) < 4.78 is 28.8. The van der Waals surface area contributed by atoms with Gasteiger partial charge >= 0.3 is 0 Å². The van der Waals surface area contributed by atoms with Gasteiger partial charge in [0.15, 0.2) is 0 Å². The fraction of sp³-hybridized carbons (Fsp3) is 0.290. The zero-order valence-corrected chi connectivity index (χ0v) is 23.4. The van der Waals surface area contributed by atoms with Crippen LogP contribution in [0.2, 0.25) is 0 Å². The van der Waals surface area contributed by atoms with E-state index in [0.717, 1.165) is 5.39 Å². The van der Waals surface area contributed by atoms with Crippen LogP contribution < -0.4 is 4.72 Å². The van der Waals surface area contributed by atoms with E-state index in [1.165, 1.54) is 49.1 Å². The summed E-state index contributed by atoms with van der Waals surface area (Å²) in [6, 6.07) is 18.7. The first kappa shape index (κ1) is 26.9. The highest BCUT2D eigenvalue weighted by Gasteiger charge is 2.26. The van der Waals surface area contributed by atoms with Gasteiger partial charge in [-0.25, -0.2) is 8.42 Å². The van der Waals surface area contributed by atoms with Crippen molar-refractivity contribution in [1.29, 1.82) is 0 Å². The minimum absolute atomic E-state index is 0.0467. The van der Waals surface area contributed by atoms with Gasteiger partial charge in [-0.05, 0) is 73.2 Å². The predicted molar refractivity (Wildman–Crippen MR) is 156 cm³/mol. The summed E-state index contributed by atoms with van der Waals surface area (Å²) in [6.45, 7) is 1.85. The number of hydrogen-bond donors (Lipinski definition) is 1. The lowest BCUT2D eigenvalue weighted by molar-refractivity contribution is 0.0715. The Kier molecular flexibility index (Phi) is 7.40. The van der Waals surface area contributed by atoms with Gasteiger partial charge in [-0.1, -0.05) is 30.7 Å². The molecule has 2 aromatic carbocycles. The van der Waals surface area contributed by atoms with Crippen LogP contribution in [0.15, 0.2) is 84.0 Å². The molecule has 0 bridgehead atoms. The van der Waals surface area contributed by atoms with Crippen molar-refractivity contribution in [3.63, 3.8) is 0 Å². The van der Waals surface area contributed by atoms with E-state index in [0.29, 0.717) is 61.0 Å². The summed E-state index contributed by atoms with van der Waals surface area (Å²) in [6.07, 6.45) is 7.70. The van der Waals surface area contributed by atoms with E-state index in [1.807, 2.05) is 30.5 Å². The van der Waals surface area contributed by atoms with Gasteiger partial charge in [0.1, 0.15) is 5.69 Å². The molecule has 210 valence electrons. The summed E-state index contributed by atoms with van der Waals surface area (Å²) in [5, 5.41) is 0.824. The van der Waals surface area contributed by atoms with Crippen molar-refractivity contribution in [3.8, 4) is 0 Å². The highest BCUT2D eigenvalue weighted by Crippen LogP contribution is 2.35. The Balaban J connectivity index is 1.09. The standard InChI is InChI=1S/C31H31N5O4S/c37-30(35-17-4-18-36(20-19-35)31(38)28-15-12-25(21-33-28)22-5-1-6-22)24-10-13-26(14-11-24)41(39,40)34-27-9-2-7-23-8-3-16-32-29(23)27/h2-3,7-16,21-22,34H,1,4-6,17-20H2. The number of amides is 2. The maximum Gasteiger partial charge on any atom is 0.272 e. The average molecular weight is 570 g/mol. The summed E-state index contributed by atoms with van der Waals surface area (Å²) in [5.74, 6) is 0.247. The lowest BCUT2D eigenvalue weighted by atomic mass is 9.81. The molecule has 0 atom stereocenters. The number of carbonyl (C=O) groups is 2. The molecule has 2 fully saturated rings. The fourth-order valence-electron chi connectivity index (χ4n) is 5.35. The zero-order valence-electron chi connectivity index (χ0n) is 22.6. The van der Waals surface area contributed by atoms with Crippen LogP contribution in [0.4, 0.5) is 5.69 Å². The molecule has 1 saturated carbocycles. The molecule has 2 aliphatic rings. The Morgan fingerprint density at radius 2 is 1.51 bits per heavy atom. The normalized spacial score (nSPS) is 16.2. The van der Waals surface area contributed by atoms with E-state index in [2.05, 4.69) is 14.7 Å². The lowest BCUT2D eigenvalue weighted by Gasteiger charge is -2.25. The van der Waals surface area contributed by atoms with Gasteiger partial charge in [0, 0.05) is 49.5 Å². The molecule has 1 N–H and O–H groups in total. The molecule has 1 aliphatic carbocycles. The number of para-hydroxylation sites is 1. The number of benzene rings is 2. The number of sulfonamides is 1. The summed E-state index contributed by atoms with van der Waals surface area (Å²) in [4.78, 5) is 38.6. The largest absolute Gasteiger partial charge is 0.337 e. The van der Waals surface area contributed by atoms with Crippen molar-refractivity contribution in [1.82, 2.24) is 19.8 Å². The molecule has 9 nitrogen and oxygen atoms in total. The topological polar surface area (TPSA) is 113 Å². The van der Waals surface area contributed by atoms with Crippen molar-refractivity contribution in [2.75, 3.05) is 30.9 Å². The zero-order chi connectivity index (χ0) is 28.4. The third-order valence-electron chi connectivity index (χ3n) is 7.94. The van der Waals surface area contributed by atoms with Crippen molar-refractivity contribution >= 4 is 38.4 Å². The number of nitrogens with one attached hydrogen (secondary N) is 1. The molecule has 0 radical (unpaired) electrons. The number of rotatable bonds is 6. The van der Waals surface area contributed by atoms with Crippen molar-refractivity contribution in [3.05, 3.63) is 95.9 Å². The third-order valence-corrected chi connectivity index (χ3v) is 9.32. The number of aromatic nitrogens is 2. The number of hydrogen-bond acceptors (Lipinski definition) is 6. The number of anilines is 1. The molecule has 2 amide bonds. The molecular weight excluding hydrogens is 538 g/mol. The van der Waals surface area contributed by atoms with Crippen LogP contribution in [-0.4, -0.2) is 66.2 Å². The molecule has 1 saturated heterocycles. The summed E-state index contributed by atoms with van der Waals surface area (Å²) >= 11 is 0. The molecule has 3 heterocycles. The van der Waals surface area contributed by atoms with E-state index in [-0.39, 0.29) is 16.7 Å².